The fourth-order valence-corrected chi connectivity index (χ4v) is 7.17. The van der Waals surface area contributed by atoms with E-state index < -0.39 is 28.5 Å². The number of methoxy groups -OCH3 is 1. The molecule has 1 atom stereocenters. The maximum absolute atomic E-state index is 14.3. The van der Waals surface area contributed by atoms with Crippen LogP contribution in [0.25, 0.3) is 0 Å². The molecule has 0 aromatic heterocycles. The van der Waals surface area contributed by atoms with Crippen molar-refractivity contribution < 1.29 is 22.7 Å². The molecule has 2 amide bonds. The molecule has 0 aliphatic heterocycles. The predicted octanol–water partition coefficient (Wildman–Crippen LogP) is 6.03. The molecule has 1 aliphatic carbocycles. The van der Waals surface area contributed by atoms with Gasteiger partial charge in [0.15, 0.2) is 0 Å². The van der Waals surface area contributed by atoms with E-state index in [-0.39, 0.29) is 23.4 Å². The van der Waals surface area contributed by atoms with Gasteiger partial charge >= 0.3 is 0 Å². The summed E-state index contributed by atoms with van der Waals surface area (Å²) in [6.07, 6.45) is 4.30. The third kappa shape index (κ3) is 7.89. The molecule has 0 unspecified atom stereocenters. The van der Waals surface area contributed by atoms with Gasteiger partial charge in [-0.25, -0.2) is 8.42 Å². The van der Waals surface area contributed by atoms with E-state index in [9.17, 15) is 18.0 Å². The lowest BCUT2D eigenvalue weighted by molar-refractivity contribution is -0.140. The predicted molar refractivity (Wildman–Crippen MR) is 170 cm³/mol. The van der Waals surface area contributed by atoms with Crippen LogP contribution in [0, 0.1) is 13.8 Å². The van der Waals surface area contributed by atoms with Crippen LogP contribution in [0.4, 0.5) is 5.69 Å². The van der Waals surface area contributed by atoms with E-state index in [1.165, 1.54) is 17.0 Å². The van der Waals surface area contributed by atoms with E-state index in [1.807, 2.05) is 26.0 Å². The van der Waals surface area contributed by atoms with Crippen molar-refractivity contribution in [3.8, 4) is 5.75 Å². The van der Waals surface area contributed by atoms with E-state index in [1.54, 1.807) is 56.5 Å². The number of amides is 2. The molecule has 4 rings (SSSR count). The van der Waals surface area contributed by atoms with Crippen molar-refractivity contribution in [2.45, 2.75) is 76.4 Å². The Bertz CT molecular complexity index is 1520. The molecular weight excluding hydrogens is 586 g/mol. The molecule has 0 saturated heterocycles. The lowest BCUT2D eigenvalue weighted by Crippen LogP contribution is -2.53. The van der Waals surface area contributed by atoms with Gasteiger partial charge < -0.3 is 15.0 Å². The fourth-order valence-electron chi connectivity index (χ4n) is 5.46. The Morgan fingerprint density at radius 3 is 2.23 bits per heavy atom. The van der Waals surface area contributed by atoms with Crippen LogP contribution >= 0.6 is 11.6 Å². The first-order chi connectivity index (χ1) is 20.5. The van der Waals surface area contributed by atoms with Crippen LogP contribution in [-0.2, 0) is 26.2 Å². The molecular formula is C33H40ClN3O5S. The van der Waals surface area contributed by atoms with Gasteiger partial charge in [0.05, 0.1) is 17.7 Å². The molecule has 230 valence electrons. The lowest BCUT2D eigenvalue weighted by atomic mass is 10.1. The first kappa shape index (κ1) is 32.4. The fraction of sp³-hybridized carbons (Fsp3) is 0.394. The molecule has 10 heteroatoms. The largest absolute Gasteiger partial charge is 0.497 e. The number of sulfonamides is 1. The van der Waals surface area contributed by atoms with Gasteiger partial charge in [0.2, 0.25) is 11.8 Å². The van der Waals surface area contributed by atoms with Crippen LogP contribution in [0.1, 0.15) is 55.7 Å². The van der Waals surface area contributed by atoms with E-state index in [4.69, 9.17) is 16.3 Å². The third-order valence-corrected chi connectivity index (χ3v) is 9.92. The summed E-state index contributed by atoms with van der Waals surface area (Å²) in [5, 5.41) is 3.59. The number of ether oxygens (including phenoxy) is 1. The average Bonchev–Trinajstić information content (AvgIpc) is 3.49. The Morgan fingerprint density at radius 2 is 1.65 bits per heavy atom. The van der Waals surface area contributed by atoms with Crippen molar-refractivity contribution in [3.63, 3.8) is 0 Å². The van der Waals surface area contributed by atoms with E-state index >= 15 is 0 Å². The molecule has 3 aromatic carbocycles. The molecule has 8 nitrogen and oxygen atoms in total. The zero-order valence-corrected chi connectivity index (χ0v) is 26.7. The van der Waals surface area contributed by atoms with Crippen LogP contribution < -0.4 is 14.4 Å². The van der Waals surface area contributed by atoms with Crippen molar-refractivity contribution in [3.05, 3.63) is 88.4 Å². The van der Waals surface area contributed by atoms with Crippen LogP contribution in [0.15, 0.2) is 71.6 Å². The second-order valence-corrected chi connectivity index (χ2v) is 13.3. The highest BCUT2D eigenvalue weighted by molar-refractivity contribution is 7.92. The van der Waals surface area contributed by atoms with Gasteiger partial charge in [-0.2, -0.15) is 0 Å². The highest BCUT2D eigenvalue weighted by Gasteiger charge is 2.35. The highest BCUT2D eigenvalue weighted by Crippen LogP contribution is 2.30. The van der Waals surface area contributed by atoms with Crippen molar-refractivity contribution in [2.75, 3.05) is 18.0 Å². The number of aryl methyl sites for hydroxylation is 2. The minimum Gasteiger partial charge on any atom is -0.497 e. The number of benzene rings is 3. The molecule has 1 saturated carbocycles. The van der Waals surface area contributed by atoms with Gasteiger partial charge in [0.1, 0.15) is 18.3 Å². The van der Waals surface area contributed by atoms with E-state index in [0.717, 1.165) is 41.1 Å². The minimum atomic E-state index is -4.16. The van der Waals surface area contributed by atoms with Gasteiger partial charge in [-0.3, -0.25) is 13.9 Å². The summed E-state index contributed by atoms with van der Waals surface area (Å²) >= 11 is 6.21. The summed E-state index contributed by atoms with van der Waals surface area (Å²) in [4.78, 5) is 29.4. The maximum atomic E-state index is 14.3. The van der Waals surface area contributed by atoms with Crippen molar-refractivity contribution in [2.24, 2.45) is 0 Å². The summed E-state index contributed by atoms with van der Waals surface area (Å²) in [5.41, 5.74) is 2.64. The van der Waals surface area contributed by atoms with Gasteiger partial charge in [-0.1, -0.05) is 61.2 Å². The Kier molecular flexibility index (Phi) is 10.7. The summed E-state index contributed by atoms with van der Waals surface area (Å²) in [5.74, 6) is -0.0534. The Balaban J connectivity index is 1.73. The lowest BCUT2D eigenvalue weighted by Gasteiger charge is -2.34. The Morgan fingerprint density at radius 1 is 1.00 bits per heavy atom. The van der Waals surface area contributed by atoms with E-state index in [2.05, 4.69) is 5.32 Å². The molecule has 0 spiro atoms. The van der Waals surface area contributed by atoms with Crippen molar-refractivity contribution in [1.82, 2.24) is 10.2 Å². The smallest absolute Gasteiger partial charge is 0.264 e. The van der Waals surface area contributed by atoms with Gasteiger partial charge in [0.25, 0.3) is 10.0 Å². The number of rotatable bonds is 12. The maximum Gasteiger partial charge on any atom is 0.264 e. The number of halogens is 1. The second-order valence-electron chi connectivity index (χ2n) is 11.0. The van der Waals surface area contributed by atoms with Crippen LogP contribution in [-0.4, -0.2) is 50.9 Å². The molecule has 0 bridgehead atoms. The molecule has 43 heavy (non-hydrogen) atoms. The standard InChI is InChI=1S/C33H40ClN3O5S/c1-5-30(33(39)35-27-8-6-7-9-27)36(21-25-12-15-28(42-4)16-13-25)32(38)22-37(31-19-14-26(34)20-24(31)3)43(40,41)29-17-10-23(2)11-18-29/h10-20,27,30H,5-9,21-22H2,1-4H3,(H,35,39)/t30-/m1/s1. The van der Waals surface area contributed by atoms with Crippen molar-refractivity contribution in [1.29, 1.82) is 0 Å². The molecule has 1 N–H and O–H groups in total. The SMILES string of the molecule is CC[C@H](C(=O)NC1CCCC1)N(Cc1ccc(OC)cc1)C(=O)CN(c1ccc(Cl)cc1C)S(=O)(=O)c1ccc(C)cc1. The number of anilines is 1. The number of nitrogens with one attached hydrogen (secondary N) is 1. The summed E-state index contributed by atoms with van der Waals surface area (Å²) in [7, 11) is -2.59. The second kappa shape index (κ2) is 14.3. The van der Waals surface area contributed by atoms with Crippen LogP contribution in [0.2, 0.25) is 5.02 Å². The topological polar surface area (TPSA) is 96.0 Å². The first-order valence-electron chi connectivity index (χ1n) is 14.6. The van der Waals surface area contributed by atoms with Crippen LogP contribution in [0.3, 0.4) is 0 Å². The molecule has 3 aromatic rings. The number of carbonyl (C=O) groups is 2. The minimum absolute atomic E-state index is 0.0629. The first-order valence-corrected chi connectivity index (χ1v) is 16.4. The van der Waals surface area contributed by atoms with Crippen molar-refractivity contribution >= 4 is 39.1 Å². The van der Waals surface area contributed by atoms with E-state index in [0.29, 0.717) is 28.4 Å². The summed E-state index contributed by atoms with van der Waals surface area (Å²) in [6, 6.07) is 17.9. The Labute approximate surface area is 260 Å². The summed E-state index contributed by atoms with van der Waals surface area (Å²) in [6.45, 7) is 5.11. The van der Waals surface area contributed by atoms with Gasteiger partial charge in [0, 0.05) is 17.6 Å². The normalized spacial score (nSPS) is 14.3. The highest BCUT2D eigenvalue weighted by atomic mass is 35.5. The zero-order valence-electron chi connectivity index (χ0n) is 25.2. The number of carbonyl (C=O) groups excluding carboxylic acids is 2. The molecule has 1 fully saturated rings. The number of nitrogens with zero attached hydrogens (tertiary/aromatic N) is 2. The third-order valence-electron chi connectivity index (χ3n) is 7.91. The van der Waals surface area contributed by atoms with Gasteiger partial charge in [-0.15, -0.1) is 0 Å². The average molecular weight is 626 g/mol. The summed E-state index contributed by atoms with van der Waals surface area (Å²) < 4.78 is 34.6. The van der Waals surface area contributed by atoms with Gasteiger partial charge in [-0.05, 0) is 86.7 Å². The monoisotopic (exact) mass is 625 g/mol. The molecule has 1 aliphatic rings. The number of hydrogen-bond donors (Lipinski definition) is 1. The molecule has 0 heterocycles. The quantitative estimate of drug-likeness (QED) is 0.265. The zero-order chi connectivity index (χ0) is 31.1. The number of hydrogen-bond acceptors (Lipinski definition) is 5. The Hall–Kier alpha value is -3.56. The molecule has 0 radical (unpaired) electrons. The van der Waals surface area contributed by atoms with Crippen LogP contribution in [0.5, 0.6) is 5.75 Å².